The van der Waals surface area contributed by atoms with Gasteiger partial charge in [0, 0.05) is 10.5 Å². The van der Waals surface area contributed by atoms with Crippen LogP contribution in [0, 0.1) is 0 Å². The fraction of sp³-hybridized carbons (Fsp3) is 0.316. The zero-order chi connectivity index (χ0) is 17.5. The number of quaternary nitrogens is 1. The first-order valence-electron chi connectivity index (χ1n) is 7.94. The van der Waals surface area contributed by atoms with Gasteiger partial charge in [-0.3, -0.25) is 4.79 Å². The van der Waals surface area contributed by atoms with Crippen molar-refractivity contribution in [1.82, 2.24) is 0 Å². The highest BCUT2D eigenvalue weighted by atomic mass is 32.2. The molecule has 0 fully saturated rings. The van der Waals surface area contributed by atoms with Gasteiger partial charge in [-0.1, -0.05) is 24.3 Å². The summed E-state index contributed by atoms with van der Waals surface area (Å²) in [6, 6.07) is 15.8. The van der Waals surface area contributed by atoms with E-state index in [9.17, 15) is 4.79 Å². The molecule has 5 heteroatoms. The van der Waals surface area contributed by atoms with Gasteiger partial charge in [-0.05, 0) is 37.4 Å². The maximum Gasteiger partial charge on any atom is 0.282 e. The van der Waals surface area contributed by atoms with Gasteiger partial charge in [0.05, 0.1) is 19.8 Å². The average molecular weight is 345 g/mol. The number of carbonyl (C=O) groups is 1. The van der Waals surface area contributed by atoms with E-state index in [0.717, 1.165) is 11.4 Å². The molecule has 0 aromatic heterocycles. The third-order valence-corrected chi connectivity index (χ3v) is 4.88. The van der Waals surface area contributed by atoms with Gasteiger partial charge in [0.1, 0.15) is 12.3 Å². The molecule has 0 saturated heterocycles. The van der Waals surface area contributed by atoms with Crippen molar-refractivity contribution in [3.8, 4) is 5.75 Å². The Morgan fingerprint density at radius 2 is 1.88 bits per heavy atom. The number of benzene rings is 2. The van der Waals surface area contributed by atoms with Crippen LogP contribution >= 0.6 is 11.8 Å². The van der Waals surface area contributed by atoms with Crippen LogP contribution < -0.4 is 15.0 Å². The molecule has 2 atom stereocenters. The van der Waals surface area contributed by atoms with Gasteiger partial charge >= 0.3 is 0 Å². The van der Waals surface area contributed by atoms with Gasteiger partial charge in [0.15, 0.2) is 6.04 Å². The number of methoxy groups -OCH3 is 1. The molecule has 0 saturated carbocycles. The van der Waals surface area contributed by atoms with Crippen molar-refractivity contribution in [2.24, 2.45) is 0 Å². The van der Waals surface area contributed by atoms with Crippen LogP contribution in [0.3, 0.4) is 0 Å². The predicted octanol–water partition coefficient (Wildman–Crippen LogP) is 2.46. The van der Waals surface area contributed by atoms with E-state index in [1.807, 2.05) is 38.2 Å². The second kappa shape index (κ2) is 8.76. The number of anilines is 1. The van der Waals surface area contributed by atoms with E-state index < -0.39 is 0 Å². The minimum atomic E-state index is -0.171. The molecule has 2 aromatic carbocycles. The summed E-state index contributed by atoms with van der Waals surface area (Å²) in [7, 11) is 3.64. The molecule has 1 amide bonds. The summed E-state index contributed by atoms with van der Waals surface area (Å²) >= 11 is 1.73. The standard InChI is InChI=1S/C19H24N2O2S/c1-14(19(22)20-17-7-5-6-8-18(17)23-3)21(2)13-15-9-11-16(24-4)12-10-15/h5-12,14H,13H2,1-4H3,(H,20,22)/p+1/t14-/m1/s1. The van der Waals surface area contributed by atoms with E-state index in [4.69, 9.17) is 4.74 Å². The Morgan fingerprint density at radius 3 is 2.50 bits per heavy atom. The molecule has 0 heterocycles. The molecule has 2 N–H and O–H groups in total. The van der Waals surface area contributed by atoms with Crippen molar-refractivity contribution in [3.63, 3.8) is 0 Å². The predicted molar refractivity (Wildman–Crippen MR) is 99.9 cm³/mol. The topological polar surface area (TPSA) is 42.8 Å². The number of para-hydroxylation sites is 2. The third-order valence-electron chi connectivity index (χ3n) is 4.14. The summed E-state index contributed by atoms with van der Waals surface area (Å²) in [5.74, 6) is 0.654. The molecule has 0 aliphatic carbocycles. The van der Waals surface area contributed by atoms with Gasteiger partial charge in [-0.25, -0.2) is 0 Å². The zero-order valence-electron chi connectivity index (χ0n) is 14.6. The summed E-state index contributed by atoms with van der Waals surface area (Å²) in [6.45, 7) is 2.74. The van der Waals surface area contributed by atoms with Gasteiger partial charge in [-0.2, -0.15) is 0 Å². The van der Waals surface area contributed by atoms with Crippen molar-refractivity contribution in [1.29, 1.82) is 0 Å². The molecule has 128 valence electrons. The maximum atomic E-state index is 12.5. The van der Waals surface area contributed by atoms with Gasteiger partial charge in [0.25, 0.3) is 5.91 Å². The van der Waals surface area contributed by atoms with Crippen molar-refractivity contribution in [2.75, 3.05) is 25.7 Å². The molecule has 0 aliphatic heterocycles. The minimum absolute atomic E-state index is 0.0160. The van der Waals surface area contributed by atoms with Crippen LogP contribution in [0.25, 0.3) is 0 Å². The normalized spacial score (nSPS) is 13.2. The highest BCUT2D eigenvalue weighted by Crippen LogP contribution is 2.22. The van der Waals surface area contributed by atoms with Crippen LogP contribution in [0.5, 0.6) is 5.75 Å². The van der Waals surface area contributed by atoms with Crippen molar-refractivity contribution in [2.45, 2.75) is 24.4 Å². The fourth-order valence-electron chi connectivity index (χ4n) is 2.43. The molecule has 24 heavy (non-hydrogen) atoms. The van der Waals surface area contributed by atoms with Crippen LogP contribution in [0.2, 0.25) is 0 Å². The molecule has 4 nitrogen and oxygen atoms in total. The summed E-state index contributed by atoms with van der Waals surface area (Å²) in [4.78, 5) is 14.9. The van der Waals surface area contributed by atoms with E-state index in [-0.39, 0.29) is 11.9 Å². The van der Waals surface area contributed by atoms with E-state index in [0.29, 0.717) is 11.4 Å². The number of amides is 1. The Labute approximate surface area is 148 Å². The third kappa shape index (κ3) is 4.76. The first-order valence-corrected chi connectivity index (χ1v) is 9.16. The smallest absolute Gasteiger partial charge is 0.282 e. The molecule has 2 rings (SSSR count). The fourth-order valence-corrected chi connectivity index (χ4v) is 2.84. The second-order valence-corrected chi connectivity index (χ2v) is 6.66. The largest absolute Gasteiger partial charge is 0.495 e. The molecule has 0 aliphatic rings. The Balaban J connectivity index is 1.98. The number of carbonyl (C=O) groups excluding carboxylic acids is 1. The molecular weight excluding hydrogens is 320 g/mol. The monoisotopic (exact) mass is 345 g/mol. The first kappa shape index (κ1) is 18.4. The van der Waals surface area contributed by atoms with Crippen molar-refractivity contribution < 1.29 is 14.4 Å². The first-order chi connectivity index (χ1) is 11.5. The van der Waals surface area contributed by atoms with Crippen LogP contribution in [-0.2, 0) is 11.3 Å². The second-order valence-electron chi connectivity index (χ2n) is 5.78. The lowest BCUT2D eigenvalue weighted by molar-refractivity contribution is -0.907. The number of ether oxygens (including phenoxy) is 1. The zero-order valence-corrected chi connectivity index (χ0v) is 15.4. The summed E-state index contributed by atoms with van der Waals surface area (Å²) in [6.07, 6.45) is 2.07. The SMILES string of the molecule is COc1ccccc1NC(=O)[C@@H](C)[NH+](C)Cc1ccc(SC)cc1. The lowest BCUT2D eigenvalue weighted by Gasteiger charge is -2.21. The summed E-state index contributed by atoms with van der Waals surface area (Å²) in [5, 5.41) is 2.96. The lowest BCUT2D eigenvalue weighted by atomic mass is 10.2. The number of hydrogen-bond acceptors (Lipinski definition) is 3. The summed E-state index contributed by atoms with van der Waals surface area (Å²) in [5.41, 5.74) is 1.93. The Kier molecular flexibility index (Phi) is 6.70. The molecule has 2 aromatic rings. The number of likely N-dealkylation sites (N-methyl/N-ethyl adjacent to an activating group) is 1. The maximum absolute atomic E-state index is 12.5. The van der Waals surface area contributed by atoms with Crippen LogP contribution in [0.4, 0.5) is 5.69 Å². The number of hydrogen-bond donors (Lipinski definition) is 2. The molecule has 0 spiro atoms. The van der Waals surface area contributed by atoms with Gasteiger partial charge < -0.3 is 15.0 Å². The van der Waals surface area contributed by atoms with Crippen LogP contribution in [-0.4, -0.2) is 32.4 Å². The number of rotatable bonds is 7. The Morgan fingerprint density at radius 1 is 1.21 bits per heavy atom. The Hall–Kier alpha value is -1.98. The Bertz CT molecular complexity index is 673. The van der Waals surface area contributed by atoms with Crippen LogP contribution in [0.1, 0.15) is 12.5 Å². The molecule has 1 unspecified atom stereocenters. The van der Waals surface area contributed by atoms with Crippen molar-refractivity contribution in [3.05, 3.63) is 54.1 Å². The van der Waals surface area contributed by atoms with E-state index in [1.165, 1.54) is 10.5 Å². The molecular formula is C19H25N2O2S+. The van der Waals surface area contributed by atoms with E-state index >= 15 is 0 Å². The molecule has 0 bridgehead atoms. The highest BCUT2D eigenvalue weighted by molar-refractivity contribution is 7.98. The minimum Gasteiger partial charge on any atom is -0.495 e. The molecule has 0 radical (unpaired) electrons. The number of nitrogens with one attached hydrogen (secondary N) is 2. The van der Waals surface area contributed by atoms with Gasteiger partial charge in [0.2, 0.25) is 0 Å². The number of thioether (sulfide) groups is 1. The lowest BCUT2D eigenvalue weighted by Crippen LogP contribution is -3.12. The van der Waals surface area contributed by atoms with E-state index in [1.54, 1.807) is 18.9 Å². The quantitative estimate of drug-likeness (QED) is 0.758. The average Bonchev–Trinajstić information content (AvgIpc) is 2.62. The summed E-state index contributed by atoms with van der Waals surface area (Å²) < 4.78 is 5.28. The van der Waals surface area contributed by atoms with Crippen molar-refractivity contribution >= 4 is 23.4 Å². The van der Waals surface area contributed by atoms with Gasteiger partial charge in [-0.15, -0.1) is 11.8 Å². The van der Waals surface area contributed by atoms with E-state index in [2.05, 4.69) is 35.8 Å². The van der Waals surface area contributed by atoms with Crippen LogP contribution in [0.15, 0.2) is 53.4 Å². The highest BCUT2D eigenvalue weighted by Gasteiger charge is 2.22.